The Labute approximate surface area is 154 Å². The predicted octanol–water partition coefficient (Wildman–Crippen LogP) is 3.46. The number of ether oxygens (including phenoxy) is 3. The summed E-state index contributed by atoms with van der Waals surface area (Å²) >= 11 is 0. The largest absolute Gasteiger partial charge is 0.504 e. The van der Waals surface area contributed by atoms with Gasteiger partial charge in [-0.3, -0.25) is 4.90 Å². The zero-order chi connectivity index (χ0) is 18.4. The van der Waals surface area contributed by atoms with E-state index in [2.05, 4.69) is 17.9 Å². The van der Waals surface area contributed by atoms with Gasteiger partial charge in [-0.25, -0.2) is 0 Å². The molecule has 0 fully saturated rings. The zero-order valence-corrected chi connectivity index (χ0v) is 15.7. The molecule has 2 atom stereocenters. The zero-order valence-electron chi connectivity index (χ0n) is 15.7. The molecule has 5 nitrogen and oxygen atoms in total. The standard InChI is InChI=1S/C21H25NO4/c1-12-5-13-8-21(26-4)19(23)10-16(13)18-7-14-6-15(24-2)9-20(25-3)17(14)11-22(12)18/h6,8-10,12,18,23H,5,7,11H2,1-4H3. The van der Waals surface area contributed by atoms with Gasteiger partial charge in [0.1, 0.15) is 11.5 Å². The van der Waals surface area contributed by atoms with Gasteiger partial charge in [-0.05, 0) is 54.7 Å². The Balaban J connectivity index is 1.81. The van der Waals surface area contributed by atoms with Crippen molar-refractivity contribution in [3.63, 3.8) is 0 Å². The van der Waals surface area contributed by atoms with E-state index in [9.17, 15) is 5.11 Å². The monoisotopic (exact) mass is 355 g/mol. The van der Waals surface area contributed by atoms with Gasteiger partial charge in [0.15, 0.2) is 11.5 Å². The van der Waals surface area contributed by atoms with Gasteiger partial charge in [0, 0.05) is 30.3 Å². The van der Waals surface area contributed by atoms with E-state index in [1.165, 1.54) is 22.3 Å². The molecule has 0 bridgehead atoms. The quantitative estimate of drug-likeness (QED) is 0.914. The number of phenols is 1. The Bertz CT molecular complexity index is 848. The summed E-state index contributed by atoms with van der Waals surface area (Å²) in [5.74, 6) is 2.45. The number of nitrogens with zero attached hydrogens (tertiary/aromatic N) is 1. The summed E-state index contributed by atoms with van der Waals surface area (Å²) in [5.41, 5.74) is 4.93. The SMILES string of the molecule is COc1cc2c(c(OC)c1)CN1C(C)Cc3cc(OC)c(O)cc3C1C2. The van der Waals surface area contributed by atoms with Crippen molar-refractivity contribution in [2.75, 3.05) is 21.3 Å². The van der Waals surface area contributed by atoms with Crippen LogP contribution in [0.5, 0.6) is 23.0 Å². The Morgan fingerprint density at radius 3 is 2.38 bits per heavy atom. The fraction of sp³-hybridized carbons (Fsp3) is 0.429. The molecule has 2 aliphatic rings. The number of hydrogen-bond acceptors (Lipinski definition) is 5. The number of aromatic hydroxyl groups is 1. The number of methoxy groups -OCH3 is 3. The molecule has 2 unspecified atom stereocenters. The lowest BCUT2D eigenvalue weighted by Gasteiger charge is -2.45. The third kappa shape index (κ3) is 2.58. The lowest BCUT2D eigenvalue weighted by molar-refractivity contribution is 0.104. The van der Waals surface area contributed by atoms with Gasteiger partial charge in [-0.1, -0.05) is 0 Å². The van der Waals surface area contributed by atoms with Gasteiger partial charge in [-0.15, -0.1) is 0 Å². The fourth-order valence-electron chi connectivity index (χ4n) is 4.42. The van der Waals surface area contributed by atoms with Crippen molar-refractivity contribution in [3.8, 4) is 23.0 Å². The van der Waals surface area contributed by atoms with Crippen molar-refractivity contribution in [1.82, 2.24) is 4.90 Å². The summed E-state index contributed by atoms with van der Waals surface area (Å²) in [5, 5.41) is 10.3. The molecular weight excluding hydrogens is 330 g/mol. The van der Waals surface area contributed by atoms with Gasteiger partial charge in [-0.2, -0.15) is 0 Å². The summed E-state index contributed by atoms with van der Waals surface area (Å²) in [6.07, 6.45) is 1.81. The van der Waals surface area contributed by atoms with E-state index in [1.807, 2.05) is 18.2 Å². The van der Waals surface area contributed by atoms with Crippen LogP contribution in [-0.2, 0) is 19.4 Å². The molecule has 138 valence electrons. The second-order valence-electron chi connectivity index (χ2n) is 7.14. The smallest absolute Gasteiger partial charge is 0.160 e. The summed E-state index contributed by atoms with van der Waals surface area (Å²) in [6.45, 7) is 3.09. The molecule has 2 aromatic rings. The van der Waals surface area contributed by atoms with E-state index in [0.717, 1.165) is 30.9 Å². The van der Waals surface area contributed by atoms with Crippen LogP contribution in [0.15, 0.2) is 24.3 Å². The van der Waals surface area contributed by atoms with Crippen LogP contribution in [0.3, 0.4) is 0 Å². The highest BCUT2D eigenvalue weighted by Gasteiger charge is 2.37. The van der Waals surface area contributed by atoms with E-state index in [1.54, 1.807) is 21.3 Å². The van der Waals surface area contributed by atoms with Crippen molar-refractivity contribution < 1.29 is 19.3 Å². The van der Waals surface area contributed by atoms with E-state index >= 15 is 0 Å². The molecule has 0 spiro atoms. The lowest BCUT2D eigenvalue weighted by atomic mass is 9.81. The third-order valence-corrected chi connectivity index (χ3v) is 5.77. The van der Waals surface area contributed by atoms with Crippen LogP contribution < -0.4 is 14.2 Å². The average molecular weight is 355 g/mol. The van der Waals surface area contributed by atoms with Crippen LogP contribution >= 0.6 is 0 Å². The van der Waals surface area contributed by atoms with Gasteiger partial charge >= 0.3 is 0 Å². The number of rotatable bonds is 3. The highest BCUT2D eigenvalue weighted by Crippen LogP contribution is 2.46. The van der Waals surface area contributed by atoms with Crippen molar-refractivity contribution in [3.05, 3.63) is 46.5 Å². The van der Waals surface area contributed by atoms with Gasteiger partial charge in [0.2, 0.25) is 0 Å². The predicted molar refractivity (Wildman–Crippen MR) is 99.4 cm³/mol. The second-order valence-corrected chi connectivity index (χ2v) is 7.14. The maximum atomic E-state index is 10.3. The summed E-state index contributed by atoms with van der Waals surface area (Å²) in [4.78, 5) is 2.51. The molecule has 2 heterocycles. The van der Waals surface area contributed by atoms with Crippen LogP contribution in [0.1, 0.15) is 35.2 Å². The van der Waals surface area contributed by atoms with Crippen LogP contribution in [0.4, 0.5) is 0 Å². The van der Waals surface area contributed by atoms with E-state index in [0.29, 0.717) is 11.8 Å². The first-order valence-electron chi connectivity index (χ1n) is 8.95. The van der Waals surface area contributed by atoms with Crippen LogP contribution in [0, 0.1) is 0 Å². The van der Waals surface area contributed by atoms with Gasteiger partial charge < -0.3 is 19.3 Å². The second kappa shape index (κ2) is 6.40. The van der Waals surface area contributed by atoms with Crippen molar-refractivity contribution in [2.45, 2.75) is 38.4 Å². The Morgan fingerprint density at radius 2 is 1.69 bits per heavy atom. The molecule has 0 saturated carbocycles. The minimum Gasteiger partial charge on any atom is -0.504 e. The molecule has 0 radical (unpaired) electrons. The highest BCUT2D eigenvalue weighted by atomic mass is 16.5. The number of fused-ring (bicyclic) bond motifs is 4. The first-order chi connectivity index (χ1) is 12.5. The summed E-state index contributed by atoms with van der Waals surface area (Å²) in [7, 11) is 4.98. The molecule has 0 saturated heterocycles. The van der Waals surface area contributed by atoms with Crippen LogP contribution in [0.2, 0.25) is 0 Å². The molecule has 0 aliphatic carbocycles. The van der Waals surface area contributed by atoms with Gasteiger partial charge in [0.25, 0.3) is 0 Å². The van der Waals surface area contributed by atoms with E-state index in [-0.39, 0.29) is 11.8 Å². The summed E-state index contributed by atoms with van der Waals surface area (Å²) in [6, 6.07) is 8.56. The van der Waals surface area contributed by atoms with Crippen molar-refractivity contribution in [1.29, 1.82) is 0 Å². The topological polar surface area (TPSA) is 51.2 Å². The molecule has 2 aliphatic heterocycles. The minimum absolute atomic E-state index is 0.203. The van der Waals surface area contributed by atoms with Crippen molar-refractivity contribution >= 4 is 0 Å². The van der Waals surface area contributed by atoms with E-state index < -0.39 is 0 Å². The molecule has 0 amide bonds. The summed E-state index contributed by atoms with van der Waals surface area (Å²) < 4.78 is 16.4. The molecule has 26 heavy (non-hydrogen) atoms. The Kier molecular flexibility index (Phi) is 4.19. The number of phenolic OH excluding ortho intramolecular Hbond substituents is 1. The average Bonchev–Trinajstić information content (AvgIpc) is 2.66. The molecule has 5 heteroatoms. The maximum Gasteiger partial charge on any atom is 0.160 e. The Hall–Kier alpha value is -2.40. The third-order valence-electron chi connectivity index (χ3n) is 5.77. The van der Waals surface area contributed by atoms with E-state index in [4.69, 9.17) is 14.2 Å². The number of benzene rings is 2. The molecule has 0 aromatic heterocycles. The normalized spacial score (nSPS) is 21.4. The Morgan fingerprint density at radius 1 is 0.923 bits per heavy atom. The van der Waals surface area contributed by atoms with Gasteiger partial charge in [0.05, 0.1) is 21.3 Å². The fourth-order valence-corrected chi connectivity index (χ4v) is 4.42. The minimum atomic E-state index is 0.203. The molecule has 1 N–H and O–H groups in total. The van der Waals surface area contributed by atoms with Crippen LogP contribution in [0.25, 0.3) is 0 Å². The highest BCUT2D eigenvalue weighted by molar-refractivity contribution is 5.53. The van der Waals surface area contributed by atoms with Crippen molar-refractivity contribution in [2.24, 2.45) is 0 Å². The molecular formula is C21H25NO4. The lowest BCUT2D eigenvalue weighted by Crippen LogP contribution is -2.45. The first kappa shape index (κ1) is 17.0. The number of hydrogen-bond donors (Lipinski definition) is 1. The maximum absolute atomic E-state index is 10.3. The first-order valence-corrected chi connectivity index (χ1v) is 8.95. The molecule has 4 rings (SSSR count). The van der Waals surface area contributed by atoms with Crippen LogP contribution in [-0.4, -0.2) is 37.4 Å². The molecule has 2 aromatic carbocycles.